The molecule has 5 N–H and O–H groups in total. The number of aromatic nitrogens is 4. The number of H-pyrrole nitrogens is 2. The van der Waals surface area contributed by atoms with E-state index >= 15 is 0 Å². The molecule has 29 heavy (non-hydrogen) atoms. The van der Waals surface area contributed by atoms with E-state index in [-0.39, 0.29) is 17.3 Å². The smallest absolute Gasteiger partial charge is 0.250 e. The van der Waals surface area contributed by atoms with Crippen molar-refractivity contribution in [3.8, 4) is 22.9 Å². The molecule has 0 aliphatic heterocycles. The second kappa shape index (κ2) is 7.31. The van der Waals surface area contributed by atoms with Gasteiger partial charge in [0.15, 0.2) is 5.65 Å². The van der Waals surface area contributed by atoms with Gasteiger partial charge in [0.1, 0.15) is 11.3 Å². The van der Waals surface area contributed by atoms with Crippen molar-refractivity contribution in [2.75, 3.05) is 11.1 Å². The first-order chi connectivity index (χ1) is 14.0. The highest BCUT2D eigenvalue weighted by Crippen LogP contribution is 2.28. The standard InChI is InChI=1S/C20H16N6O3/c1-2-16(27)24-12-4-3-5-13(8-12)29-18-10-23-20-19(26-18)14(9-22-20)15-6-11(21)7-17(28)25-15/h2-10H,1H2,(H,22,23)(H,24,27)(H3,21,25,28). The summed E-state index contributed by atoms with van der Waals surface area (Å²) in [6.45, 7) is 3.42. The third-order valence-corrected chi connectivity index (χ3v) is 4.02. The number of carbonyl (C=O) groups excluding carboxylic acids is 1. The number of pyridine rings is 1. The summed E-state index contributed by atoms with van der Waals surface area (Å²) < 4.78 is 5.79. The number of carbonyl (C=O) groups is 1. The number of hydrogen-bond acceptors (Lipinski definition) is 6. The topological polar surface area (TPSA) is 139 Å². The van der Waals surface area contributed by atoms with Crippen molar-refractivity contribution in [3.63, 3.8) is 0 Å². The van der Waals surface area contributed by atoms with Crippen molar-refractivity contribution in [2.45, 2.75) is 0 Å². The number of aromatic amines is 2. The quantitative estimate of drug-likeness (QED) is 0.388. The molecular formula is C20H16N6O3. The summed E-state index contributed by atoms with van der Waals surface area (Å²) in [5.41, 5.74) is 8.56. The van der Waals surface area contributed by atoms with E-state index in [1.54, 1.807) is 36.5 Å². The maximum atomic E-state index is 11.7. The molecule has 0 bridgehead atoms. The van der Waals surface area contributed by atoms with E-state index in [1.807, 2.05) is 0 Å². The van der Waals surface area contributed by atoms with Gasteiger partial charge in [-0.2, -0.15) is 0 Å². The normalized spacial score (nSPS) is 10.6. The van der Waals surface area contributed by atoms with Crippen molar-refractivity contribution >= 4 is 28.4 Å². The summed E-state index contributed by atoms with van der Waals surface area (Å²) in [5.74, 6) is 0.392. The number of amides is 1. The van der Waals surface area contributed by atoms with Crippen LogP contribution in [0.5, 0.6) is 11.6 Å². The summed E-state index contributed by atoms with van der Waals surface area (Å²) in [6.07, 6.45) is 4.34. The van der Waals surface area contributed by atoms with Crippen LogP contribution in [0.2, 0.25) is 0 Å². The summed E-state index contributed by atoms with van der Waals surface area (Å²) >= 11 is 0. The highest BCUT2D eigenvalue weighted by Gasteiger charge is 2.12. The van der Waals surface area contributed by atoms with Crippen LogP contribution in [-0.2, 0) is 4.79 Å². The molecule has 3 aromatic heterocycles. The van der Waals surface area contributed by atoms with E-state index < -0.39 is 0 Å². The number of benzene rings is 1. The van der Waals surface area contributed by atoms with Crippen LogP contribution in [0, 0.1) is 0 Å². The summed E-state index contributed by atoms with van der Waals surface area (Å²) in [4.78, 5) is 37.7. The lowest BCUT2D eigenvalue weighted by Gasteiger charge is -2.07. The van der Waals surface area contributed by atoms with Gasteiger partial charge in [-0.05, 0) is 24.3 Å². The maximum Gasteiger partial charge on any atom is 0.250 e. The first kappa shape index (κ1) is 18.0. The molecule has 0 spiro atoms. The summed E-state index contributed by atoms with van der Waals surface area (Å²) in [6, 6.07) is 9.79. The number of fused-ring (bicyclic) bond motifs is 1. The van der Waals surface area contributed by atoms with Crippen LogP contribution < -0.4 is 21.3 Å². The van der Waals surface area contributed by atoms with Gasteiger partial charge >= 0.3 is 0 Å². The molecule has 4 aromatic rings. The van der Waals surface area contributed by atoms with Crippen LogP contribution in [0.3, 0.4) is 0 Å². The van der Waals surface area contributed by atoms with Gasteiger partial charge in [-0.25, -0.2) is 9.97 Å². The molecule has 9 nitrogen and oxygen atoms in total. The fourth-order valence-corrected chi connectivity index (χ4v) is 2.79. The van der Waals surface area contributed by atoms with E-state index in [4.69, 9.17) is 10.5 Å². The Labute approximate surface area is 164 Å². The highest BCUT2D eigenvalue weighted by atomic mass is 16.5. The minimum absolute atomic E-state index is 0.247. The van der Waals surface area contributed by atoms with E-state index in [1.165, 1.54) is 18.3 Å². The first-order valence-electron chi connectivity index (χ1n) is 8.57. The Morgan fingerprint density at radius 1 is 1.28 bits per heavy atom. The molecule has 0 saturated carbocycles. The third-order valence-electron chi connectivity index (χ3n) is 4.02. The molecular weight excluding hydrogens is 372 g/mol. The number of hydrogen-bond donors (Lipinski definition) is 4. The fraction of sp³-hybridized carbons (Fsp3) is 0. The van der Waals surface area contributed by atoms with Gasteiger partial charge in [-0.3, -0.25) is 9.59 Å². The van der Waals surface area contributed by atoms with Gasteiger partial charge < -0.3 is 25.8 Å². The number of nitrogen functional groups attached to an aromatic ring is 1. The van der Waals surface area contributed by atoms with E-state index in [9.17, 15) is 9.59 Å². The molecule has 0 radical (unpaired) electrons. The van der Waals surface area contributed by atoms with Crippen LogP contribution in [0.25, 0.3) is 22.4 Å². The summed E-state index contributed by atoms with van der Waals surface area (Å²) in [7, 11) is 0. The number of nitrogens with zero attached hydrogens (tertiary/aromatic N) is 2. The van der Waals surface area contributed by atoms with Crippen molar-refractivity contribution in [2.24, 2.45) is 0 Å². The van der Waals surface area contributed by atoms with Crippen molar-refractivity contribution in [1.82, 2.24) is 19.9 Å². The Kier molecular flexibility index (Phi) is 4.54. The average Bonchev–Trinajstić information content (AvgIpc) is 3.10. The monoisotopic (exact) mass is 388 g/mol. The Hall–Kier alpha value is -4.40. The number of anilines is 2. The Bertz CT molecular complexity index is 1290. The van der Waals surface area contributed by atoms with Gasteiger partial charge in [0.2, 0.25) is 17.3 Å². The van der Waals surface area contributed by atoms with Gasteiger partial charge in [-0.15, -0.1) is 0 Å². The molecule has 0 atom stereocenters. The zero-order valence-corrected chi connectivity index (χ0v) is 15.1. The minimum atomic E-state index is -0.323. The lowest BCUT2D eigenvalue weighted by Crippen LogP contribution is -2.07. The second-order valence-corrected chi connectivity index (χ2v) is 6.12. The van der Waals surface area contributed by atoms with E-state index in [0.717, 1.165) is 0 Å². The van der Waals surface area contributed by atoms with E-state index in [2.05, 4.69) is 31.8 Å². The van der Waals surface area contributed by atoms with Gasteiger partial charge in [0, 0.05) is 35.3 Å². The molecule has 1 aromatic carbocycles. The predicted octanol–water partition coefficient (Wildman–Crippen LogP) is 2.81. The molecule has 9 heteroatoms. The highest BCUT2D eigenvalue weighted by molar-refractivity contribution is 5.99. The van der Waals surface area contributed by atoms with Crippen molar-refractivity contribution in [3.05, 3.63) is 71.8 Å². The molecule has 144 valence electrons. The Morgan fingerprint density at radius 3 is 2.93 bits per heavy atom. The lowest BCUT2D eigenvalue weighted by atomic mass is 10.2. The first-order valence-corrected chi connectivity index (χ1v) is 8.57. The number of rotatable bonds is 5. The molecule has 0 aliphatic carbocycles. The fourth-order valence-electron chi connectivity index (χ4n) is 2.79. The van der Waals surface area contributed by atoms with Crippen LogP contribution >= 0.6 is 0 Å². The molecule has 0 saturated heterocycles. The molecule has 0 fully saturated rings. The number of nitrogens with two attached hydrogens (primary N) is 1. The van der Waals surface area contributed by atoms with Gasteiger partial charge in [0.25, 0.3) is 0 Å². The maximum absolute atomic E-state index is 11.7. The number of ether oxygens (including phenoxy) is 1. The minimum Gasteiger partial charge on any atom is -0.437 e. The zero-order valence-electron chi connectivity index (χ0n) is 15.1. The van der Waals surface area contributed by atoms with Gasteiger partial charge in [-0.1, -0.05) is 12.6 Å². The van der Waals surface area contributed by atoms with E-state index in [0.29, 0.717) is 39.5 Å². The second-order valence-electron chi connectivity index (χ2n) is 6.12. The van der Waals surface area contributed by atoms with Crippen LogP contribution in [0.4, 0.5) is 11.4 Å². The SMILES string of the molecule is C=CC(=O)Nc1cccc(Oc2cnc3[nH]cc(-c4cc(N)cc(=O)[nH]4)c3n2)c1. The van der Waals surface area contributed by atoms with Crippen LogP contribution in [0.15, 0.2) is 66.2 Å². The lowest BCUT2D eigenvalue weighted by molar-refractivity contribution is -0.111. The number of nitrogens with one attached hydrogen (secondary N) is 3. The zero-order chi connectivity index (χ0) is 20.4. The largest absolute Gasteiger partial charge is 0.437 e. The van der Waals surface area contributed by atoms with Crippen molar-refractivity contribution in [1.29, 1.82) is 0 Å². The average molecular weight is 388 g/mol. The third kappa shape index (κ3) is 3.83. The summed E-state index contributed by atoms with van der Waals surface area (Å²) in [5, 5.41) is 2.66. The molecule has 0 unspecified atom stereocenters. The molecule has 3 heterocycles. The van der Waals surface area contributed by atoms with Crippen LogP contribution in [0.1, 0.15) is 0 Å². The molecule has 1 amide bonds. The van der Waals surface area contributed by atoms with Crippen LogP contribution in [-0.4, -0.2) is 25.8 Å². The predicted molar refractivity (Wildman–Crippen MR) is 110 cm³/mol. The van der Waals surface area contributed by atoms with Crippen molar-refractivity contribution < 1.29 is 9.53 Å². The Morgan fingerprint density at radius 2 is 2.14 bits per heavy atom. The molecule has 0 aliphatic rings. The molecule has 4 rings (SSSR count). The van der Waals surface area contributed by atoms with Gasteiger partial charge in [0.05, 0.1) is 11.9 Å². The Balaban J connectivity index is 1.68.